The summed E-state index contributed by atoms with van der Waals surface area (Å²) >= 11 is 5.28. The first-order chi connectivity index (χ1) is 20.4. The number of aromatic nitrogens is 8. The lowest BCUT2D eigenvalue weighted by atomic mass is 10.0. The Labute approximate surface area is 242 Å². The number of rotatable bonds is 7. The minimum absolute atomic E-state index is 0.121. The largest absolute Gasteiger partial charge is 0.393 e. The number of aliphatic hydroxyl groups excluding tert-OH is 2. The third-order valence-electron chi connectivity index (χ3n) is 7.80. The molecule has 230 valence electrons. The van der Waals surface area contributed by atoms with Crippen LogP contribution in [0.25, 0.3) is 22.3 Å². The van der Waals surface area contributed by atoms with Crippen molar-refractivity contribution >= 4 is 52.4 Å². The molecule has 22 heteroatoms. The number of ether oxygens (including phenoxy) is 3. The van der Waals surface area contributed by atoms with Crippen molar-refractivity contribution in [1.29, 1.82) is 0 Å². The van der Waals surface area contributed by atoms with Crippen LogP contribution in [0.1, 0.15) is 12.5 Å². The van der Waals surface area contributed by atoms with E-state index in [0.29, 0.717) is 5.65 Å². The first kappa shape index (κ1) is 28.5. The third kappa shape index (κ3) is 4.11. The topological polar surface area (TPSA) is 257 Å². The first-order valence-corrected chi connectivity index (χ1v) is 15.4. The molecule has 7 heterocycles. The minimum Gasteiger partial charge on any atom is -0.393 e. The van der Waals surface area contributed by atoms with Crippen molar-refractivity contribution in [3.63, 3.8) is 0 Å². The number of imidazole rings is 2. The fourth-order valence-electron chi connectivity index (χ4n) is 5.68. The summed E-state index contributed by atoms with van der Waals surface area (Å²) in [6.07, 6.45) is -3.52. The summed E-state index contributed by atoms with van der Waals surface area (Å²) in [6, 6.07) is 0. The second-order valence-corrected chi connectivity index (χ2v) is 13.8. The molecule has 4 aromatic heterocycles. The van der Waals surface area contributed by atoms with Gasteiger partial charge in [0, 0.05) is 0 Å². The Bertz CT molecular complexity index is 1860. The Balaban J connectivity index is 1.19. The minimum atomic E-state index is -4.60. The van der Waals surface area contributed by atoms with Crippen LogP contribution in [0.15, 0.2) is 23.8 Å². The van der Waals surface area contributed by atoms with Gasteiger partial charge in [0.1, 0.15) is 41.4 Å². The van der Waals surface area contributed by atoms with Gasteiger partial charge in [0.2, 0.25) is 5.95 Å². The Kier molecular flexibility index (Phi) is 6.37. The van der Waals surface area contributed by atoms with Gasteiger partial charge < -0.3 is 45.3 Å². The number of nitrogens with two attached hydrogens (primary N) is 2. The Hall–Kier alpha value is -3.27. The molecule has 0 aliphatic carbocycles. The van der Waals surface area contributed by atoms with Gasteiger partial charge in [-0.1, -0.05) is 0 Å². The van der Waals surface area contributed by atoms with E-state index in [1.165, 1.54) is 17.2 Å². The van der Waals surface area contributed by atoms with Crippen LogP contribution in [-0.4, -0.2) is 109 Å². The number of H-pyrrole nitrogens is 1. The van der Waals surface area contributed by atoms with E-state index < -0.39 is 73.2 Å². The normalized spacial score (nSPS) is 33.0. The average Bonchev–Trinajstić information content (AvgIpc) is 3.74. The van der Waals surface area contributed by atoms with Crippen molar-refractivity contribution < 1.29 is 42.6 Å². The Morgan fingerprint density at radius 2 is 1.88 bits per heavy atom. The highest BCUT2D eigenvalue weighted by Gasteiger charge is 2.67. The van der Waals surface area contributed by atoms with Gasteiger partial charge in [0.05, 0.1) is 32.5 Å². The molecule has 1 unspecified atom stereocenters. The molecular weight excluding hydrogens is 621 g/mol. The monoisotopic (exact) mass is 644 g/mol. The average molecular weight is 645 g/mol. The molecule has 2 bridgehead atoms. The Morgan fingerprint density at radius 1 is 1.16 bits per heavy atom. The zero-order valence-corrected chi connectivity index (χ0v) is 23.3. The third-order valence-corrected chi connectivity index (χ3v) is 10.6. The van der Waals surface area contributed by atoms with E-state index in [0.717, 1.165) is 10.9 Å². The number of anilines is 2. The summed E-state index contributed by atoms with van der Waals surface area (Å²) in [5.74, 6) is -4.13. The van der Waals surface area contributed by atoms with Crippen LogP contribution in [0.2, 0.25) is 0 Å². The number of nitrogens with one attached hydrogen (secondary N) is 1. The second kappa shape index (κ2) is 9.61. The molecule has 0 amide bonds. The molecule has 0 aromatic carbocycles. The number of fused-ring (bicyclic) bond motifs is 4. The van der Waals surface area contributed by atoms with Gasteiger partial charge in [-0.2, -0.15) is 4.98 Å². The molecule has 8 atom stereocenters. The number of alkyl halides is 2. The maximum Gasteiger partial charge on any atom is 0.292 e. The second-order valence-electron chi connectivity index (χ2n) is 10.3. The smallest absolute Gasteiger partial charge is 0.292 e. The van der Waals surface area contributed by atoms with E-state index in [1.807, 2.05) is 0 Å². The lowest BCUT2D eigenvalue weighted by Crippen LogP contribution is -2.46. The van der Waals surface area contributed by atoms with Crippen LogP contribution in [0.4, 0.5) is 20.5 Å². The summed E-state index contributed by atoms with van der Waals surface area (Å²) in [5.41, 5.74) is 7.01. The highest BCUT2D eigenvalue weighted by Crippen LogP contribution is 2.63. The van der Waals surface area contributed by atoms with Gasteiger partial charge in [-0.15, -0.1) is 0 Å². The van der Waals surface area contributed by atoms with Crippen LogP contribution in [0.3, 0.4) is 0 Å². The zero-order valence-electron chi connectivity index (χ0n) is 21.6. The van der Waals surface area contributed by atoms with E-state index in [2.05, 4.69) is 29.9 Å². The van der Waals surface area contributed by atoms with Crippen molar-refractivity contribution in [2.24, 2.45) is 0 Å². The van der Waals surface area contributed by atoms with Gasteiger partial charge in [-0.05, 0) is 11.8 Å². The molecule has 18 nitrogen and oxygen atoms in total. The molecule has 0 spiro atoms. The number of halogens is 2. The lowest BCUT2D eigenvalue weighted by Gasteiger charge is -2.35. The molecule has 3 aliphatic heterocycles. The Morgan fingerprint density at radius 3 is 2.63 bits per heavy atom. The summed E-state index contributed by atoms with van der Waals surface area (Å²) < 4.78 is 56.8. The lowest BCUT2D eigenvalue weighted by molar-refractivity contribution is -0.182. The standard InChI is InChI=1S/C21H23F2N10O8PS/c22-21(23)7(1-34)40-18(33-6-29-9-15(33)30-19(25)31-16(9)36)12(21)42(37,43)39-3-20-2-38-10(11(20)35)17(41-20)32-5-28-8-13(24)26-4-27-14(8)32/h4-7,10-12,17-18,34-35H,1-3H2,(H,37,43)(H2,24,26,27)(H3,25,30,31,36)/t7-,10-,11+,12+,17-,18-,20-,42?/m1/s1. The zero-order chi connectivity index (χ0) is 30.5. The van der Waals surface area contributed by atoms with E-state index in [-0.39, 0.29) is 35.1 Å². The molecule has 8 N–H and O–H groups in total. The fourth-order valence-corrected chi connectivity index (χ4v) is 8.28. The summed E-state index contributed by atoms with van der Waals surface area (Å²) in [6.45, 7) is -6.60. The van der Waals surface area contributed by atoms with Gasteiger partial charge in [0.25, 0.3) is 11.5 Å². The molecule has 3 aliphatic rings. The van der Waals surface area contributed by atoms with Crippen LogP contribution in [0.5, 0.6) is 0 Å². The number of hydrogen-bond donors (Lipinski definition) is 6. The van der Waals surface area contributed by atoms with Gasteiger partial charge in [0.15, 0.2) is 41.6 Å². The van der Waals surface area contributed by atoms with Crippen LogP contribution in [-0.2, 0) is 30.5 Å². The number of nitrogen functional groups attached to an aromatic ring is 2. The van der Waals surface area contributed by atoms with Crippen molar-refractivity contribution in [2.45, 2.75) is 48.0 Å². The molecule has 4 aromatic rings. The van der Waals surface area contributed by atoms with Crippen molar-refractivity contribution in [3.05, 3.63) is 29.3 Å². The molecule has 43 heavy (non-hydrogen) atoms. The van der Waals surface area contributed by atoms with E-state index >= 15 is 8.78 Å². The molecule has 0 radical (unpaired) electrons. The fraction of sp³-hybridized carbons (Fsp3) is 0.524. The number of aliphatic hydroxyl groups is 2. The summed E-state index contributed by atoms with van der Waals surface area (Å²) in [7, 11) is 0. The molecule has 3 fully saturated rings. The highest BCUT2D eigenvalue weighted by atomic mass is 32.5. The molecule has 7 rings (SSSR count). The molecule has 3 saturated heterocycles. The molecular formula is C21H23F2N10O8PS. The maximum absolute atomic E-state index is 15.7. The maximum atomic E-state index is 15.7. The van der Waals surface area contributed by atoms with E-state index in [1.54, 1.807) is 0 Å². The SMILES string of the molecule is Nc1nc2c(ncn2[C@@H]2O[C@H](CO)C(F)(F)[C@H]2P(O)(=S)OC[C@@]23CO[C@@H]([C@H](n4cnc5c(N)ncnc54)O2)[C@@H]3O)c(=O)[nH]1. The number of nitrogens with zero attached hydrogens (tertiary/aromatic N) is 7. The van der Waals surface area contributed by atoms with Crippen LogP contribution < -0.4 is 17.0 Å². The predicted molar refractivity (Wildman–Crippen MR) is 143 cm³/mol. The highest BCUT2D eigenvalue weighted by molar-refractivity contribution is 8.09. The van der Waals surface area contributed by atoms with Crippen molar-refractivity contribution in [3.8, 4) is 0 Å². The van der Waals surface area contributed by atoms with Gasteiger partial charge in [-0.25, -0.2) is 28.7 Å². The van der Waals surface area contributed by atoms with Gasteiger partial charge in [-0.3, -0.25) is 18.9 Å². The summed E-state index contributed by atoms with van der Waals surface area (Å²) in [5, 5.41) is 20.8. The number of hydrogen-bond acceptors (Lipinski definition) is 15. The molecule has 0 saturated carbocycles. The van der Waals surface area contributed by atoms with E-state index in [4.69, 9.17) is 42.0 Å². The van der Waals surface area contributed by atoms with E-state index in [9.17, 15) is 19.9 Å². The van der Waals surface area contributed by atoms with Crippen molar-refractivity contribution in [1.82, 2.24) is 39.0 Å². The summed E-state index contributed by atoms with van der Waals surface area (Å²) in [4.78, 5) is 46.0. The van der Waals surface area contributed by atoms with Crippen molar-refractivity contribution in [2.75, 3.05) is 31.3 Å². The van der Waals surface area contributed by atoms with Crippen LogP contribution in [0, 0.1) is 0 Å². The quantitative estimate of drug-likeness (QED) is 0.123. The van der Waals surface area contributed by atoms with Crippen LogP contribution >= 0.6 is 6.49 Å². The van der Waals surface area contributed by atoms with Gasteiger partial charge >= 0.3 is 0 Å². The first-order valence-electron chi connectivity index (χ1n) is 12.6. The number of aromatic amines is 1. The predicted octanol–water partition coefficient (Wildman–Crippen LogP) is -1.64.